The average molecular weight is 518 g/mol. The van der Waals surface area contributed by atoms with Crippen LogP contribution in [0.5, 0.6) is 0 Å². The number of aliphatic imine (C=N–C) groups is 1. The second-order valence-electron chi connectivity index (χ2n) is 9.71. The van der Waals surface area contributed by atoms with Gasteiger partial charge in [0.15, 0.2) is 5.96 Å². The van der Waals surface area contributed by atoms with Crippen molar-refractivity contribution >= 4 is 35.8 Å². The van der Waals surface area contributed by atoms with Gasteiger partial charge in [-0.1, -0.05) is 25.7 Å². The summed E-state index contributed by atoms with van der Waals surface area (Å²) < 4.78 is 0. The normalized spacial score (nSPS) is 30.7. The molecule has 3 aliphatic heterocycles. The fraction of sp³-hybridized carbons (Fsp3) is 0.909. The Balaban J connectivity index is 0.00000240. The van der Waals surface area contributed by atoms with Gasteiger partial charge in [-0.3, -0.25) is 14.7 Å². The van der Waals surface area contributed by atoms with Crippen LogP contribution in [0.4, 0.5) is 0 Å². The van der Waals surface area contributed by atoms with E-state index in [0.29, 0.717) is 12.0 Å². The van der Waals surface area contributed by atoms with E-state index < -0.39 is 0 Å². The molecule has 2 N–H and O–H groups in total. The van der Waals surface area contributed by atoms with E-state index in [0.717, 1.165) is 45.0 Å². The molecule has 0 aromatic heterocycles. The van der Waals surface area contributed by atoms with Gasteiger partial charge in [-0.2, -0.15) is 0 Å². The van der Waals surface area contributed by atoms with Crippen LogP contribution in [-0.2, 0) is 4.79 Å². The molecule has 4 rings (SSSR count). The fourth-order valence-corrected chi connectivity index (χ4v) is 6.19. The molecule has 1 aliphatic carbocycles. The summed E-state index contributed by atoms with van der Waals surface area (Å²) in [4.78, 5) is 21.7. The molecule has 6 nitrogen and oxygen atoms in total. The number of carbonyl (C=O) groups excluding carboxylic acids is 1. The molecule has 0 bridgehead atoms. The number of likely N-dealkylation sites (tertiary alicyclic amines) is 2. The van der Waals surface area contributed by atoms with Gasteiger partial charge in [0, 0.05) is 50.6 Å². The van der Waals surface area contributed by atoms with Gasteiger partial charge in [0.05, 0.1) is 0 Å². The van der Waals surface area contributed by atoms with Crippen LogP contribution in [-0.4, -0.2) is 73.5 Å². The molecule has 7 heteroatoms. The summed E-state index contributed by atoms with van der Waals surface area (Å²) in [7, 11) is 1.91. The molecule has 4 aliphatic rings. The lowest BCUT2D eigenvalue weighted by Gasteiger charge is -2.49. The van der Waals surface area contributed by atoms with E-state index >= 15 is 0 Å². The molecule has 3 saturated heterocycles. The van der Waals surface area contributed by atoms with Crippen LogP contribution in [0.15, 0.2) is 4.99 Å². The summed E-state index contributed by atoms with van der Waals surface area (Å²) >= 11 is 0. The number of carbonyl (C=O) groups is 1. The van der Waals surface area contributed by atoms with Crippen molar-refractivity contribution in [3.05, 3.63) is 0 Å². The van der Waals surface area contributed by atoms with Gasteiger partial charge in [-0.25, -0.2) is 0 Å². The highest BCUT2D eigenvalue weighted by Crippen LogP contribution is 2.37. The van der Waals surface area contributed by atoms with Crippen LogP contribution < -0.4 is 10.6 Å². The Morgan fingerprint density at radius 3 is 2.41 bits per heavy atom. The summed E-state index contributed by atoms with van der Waals surface area (Å²) in [6.07, 6.45) is 13.8. The van der Waals surface area contributed by atoms with Crippen LogP contribution in [0.3, 0.4) is 0 Å². The second kappa shape index (κ2) is 10.2. The second-order valence-corrected chi connectivity index (χ2v) is 9.71. The molecule has 1 amide bonds. The predicted molar refractivity (Wildman–Crippen MR) is 129 cm³/mol. The first-order chi connectivity index (χ1) is 13.6. The quantitative estimate of drug-likeness (QED) is 0.344. The van der Waals surface area contributed by atoms with Crippen molar-refractivity contribution in [3.8, 4) is 0 Å². The number of guanidine groups is 1. The zero-order valence-electron chi connectivity index (χ0n) is 18.2. The van der Waals surface area contributed by atoms with Crippen LogP contribution in [0.2, 0.25) is 0 Å². The first kappa shape index (κ1) is 23.1. The maximum Gasteiger partial charge on any atom is 0.220 e. The van der Waals surface area contributed by atoms with Gasteiger partial charge in [-0.05, 0) is 51.6 Å². The molecular formula is C22H40IN5O. The third-order valence-corrected chi connectivity index (χ3v) is 7.76. The number of hydrogen-bond acceptors (Lipinski definition) is 3. The van der Waals surface area contributed by atoms with Crippen LogP contribution in [0.25, 0.3) is 0 Å². The minimum atomic E-state index is 0. The maximum absolute atomic E-state index is 11.8. The van der Waals surface area contributed by atoms with E-state index in [-0.39, 0.29) is 35.3 Å². The van der Waals surface area contributed by atoms with Crippen molar-refractivity contribution in [2.45, 2.75) is 76.2 Å². The third-order valence-electron chi connectivity index (χ3n) is 7.76. The lowest BCUT2D eigenvalue weighted by molar-refractivity contribution is -0.119. The van der Waals surface area contributed by atoms with Crippen molar-refractivity contribution in [2.24, 2.45) is 10.4 Å². The molecule has 0 aromatic rings. The molecular weight excluding hydrogens is 477 g/mol. The van der Waals surface area contributed by atoms with Crippen molar-refractivity contribution < 1.29 is 4.79 Å². The Hall–Kier alpha value is -0.570. The van der Waals surface area contributed by atoms with Crippen LogP contribution in [0, 0.1) is 5.41 Å². The van der Waals surface area contributed by atoms with Gasteiger partial charge in [0.2, 0.25) is 5.91 Å². The molecule has 4 fully saturated rings. The summed E-state index contributed by atoms with van der Waals surface area (Å²) in [5.41, 5.74) is 0.426. The Morgan fingerprint density at radius 1 is 1.03 bits per heavy atom. The summed E-state index contributed by atoms with van der Waals surface area (Å²) in [6.45, 7) is 6.37. The number of halogens is 1. The van der Waals surface area contributed by atoms with Gasteiger partial charge >= 0.3 is 0 Å². The van der Waals surface area contributed by atoms with Gasteiger partial charge in [-0.15, -0.1) is 24.0 Å². The average Bonchev–Trinajstić information content (AvgIpc) is 3.09. The number of piperidine rings is 2. The van der Waals surface area contributed by atoms with Gasteiger partial charge in [0.1, 0.15) is 0 Å². The Morgan fingerprint density at radius 2 is 1.76 bits per heavy atom. The topological polar surface area (TPSA) is 60.0 Å². The van der Waals surface area contributed by atoms with Crippen LogP contribution >= 0.6 is 24.0 Å². The molecule has 1 saturated carbocycles. The SMILES string of the molecule is CN=C(NCC1(N2CCCCC2)CCCCC1)N1CCCC2(CNC(=O)C2)C1.I. The fourth-order valence-electron chi connectivity index (χ4n) is 6.19. The minimum absolute atomic E-state index is 0. The van der Waals surface area contributed by atoms with Crippen LogP contribution in [0.1, 0.15) is 70.6 Å². The highest BCUT2D eigenvalue weighted by molar-refractivity contribution is 14.0. The van der Waals surface area contributed by atoms with E-state index in [1.54, 1.807) is 0 Å². The lowest BCUT2D eigenvalue weighted by atomic mass is 9.78. The molecule has 3 heterocycles. The van der Waals surface area contributed by atoms with Crippen molar-refractivity contribution in [1.82, 2.24) is 20.4 Å². The third kappa shape index (κ3) is 5.20. The van der Waals surface area contributed by atoms with E-state index in [1.165, 1.54) is 64.5 Å². The molecule has 1 atom stereocenters. The van der Waals surface area contributed by atoms with Crippen molar-refractivity contribution in [3.63, 3.8) is 0 Å². The first-order valence-electron chi connectivity index (χ1n) is 11.6. The largest absolute Gasteiger partial charge is 0.355 e. The highest BCUT2D eigenvalue weighted by Gasteiger charge is 2.43. The summed E-state index contributed by atoms with van der Waals surface area (Å²) in [5, 5.41) is 6.85. The zero-order chi connectivity index (χ0) is 19.5. The summed E-state index contributed by atoms with van der Waals surface area (Å²) in [5.74, 6) is 1.26. The molecule has 0 radical (unpaired) electrons. The molecule has 0 aromatic carbocycles. The lowest BCUT2D eigenvalue weighted by Crippen LogP contribution is -2.60. The summed E-state index contributed by atoms with van der Waals surface area (Å²) in [6, 6.07) is 0. The Bertz CT molecular complexity index is 586. The predicted octanol–water partition coefficient (Wildman–Crippen LogP) is 2.97. The van der Waals surface area contributed by atoms with Crippen molar-refractivity contribution in [2.75, 3.05) is 46.3 Å². The smallest absolute Gasteiger partial charge is 0.220 e. The number of hydrogen-bond donors (Lipinski definition) is 2. The van der Waals surface area contributed by atoms with Gasteiger partial charge in [0.25, 0.3) is 0 Å². The molecule has 1 spiro atoms. The number of amides is 1. The van der Waals surface area contributed by atoms with E-state index in [4.69, 9.17) is 0 Å². The molecule has 1 unspecified atom stereocenters. The first-order valence-corrected chi connectivity index (χ1v) is 11.6. The zero-order valence-corrected chi connectivity index (χ0v) is 20.5. The van der Waals surface area contributed by atoms with Crippen molar-refractivity contribution in [1.29, 1.82) is 0 Å². The Labute approximate surface area is 193 Å². The van der Waals surface area contributed by atoms with E-state index in [2.05, 4.69) is 25.4 Å². The molecule has 166 valence electrons. The minimum Gasteiger partial charge on any atom is -0.355 e. The van der Waals surface area contributed by atoms with E-state index in [9.17, 15) is 4.79 Å². The monoisotopic (exact) mass is 517 g/mol. The number of nitrogens with one attached hydrogen (secondary N) is 2. The van der Waals surface area contributed by atoms with Gasteiger partial charge < -0.3 is 15.5 Å². The standard InChI is InChI=1S/C22H39N5O.HI/c1-23-20(26-12-8-9-21(18-26)15-19(28)24-16-21)25-17-22(10-4-2-5-11-22)27-13-6-3-7-14-27;/h2-18H2,1H3,(H,23,25)(H,24,28);1H. The number of nitrogens with zero attached hydrogens (tertiary/aromatic N) is 3. The van der Waals surface area contributed by atoms with E-state index in [1.807, 2.05) is 7.05 Å². The molecule has 29 heavy (non-hydrogen) atoms. The Kier molecular flexibility index (Phi) is 8.09. The highest BCUT2D eigenvalue weighted by atomic mass is 127. The maximum atomic E-state index is 11.8. The number of rotatable bonds is 3.